The van der Waals surface area contributed by atoms with Crippen LogP contribution in [0.1, 0.15) is 18.2 Å². The Morgan fingerprint density at radius 3 is 3.13 bits per heavy atom. The number of fused-ring (bicyclic) bond motifs is 3. The molecule has 1 unspecified atom stereocenters. The zero-order valence-electron chi connectivity index (χ0n) is 8.41. The summed E-state index contributed by atoms with van der Waals surface area (Å²) < 4.78 is 2.32. The van der Waals surface area contributed by atoms with Crippen molar-refractivity contribution in [3.8, 4) is 0 Å². The second-order valence-corrected chi connectivity index (χ2v) is 4.52. The fourth-order valence-electron chi connectivity index (χ4n) is 2.57. The van der Waals surface area contributed by atoms with E-state index in [0.717, 1.165) is 23.4 Å². The number of benzene rings is 1. The quantitative estimate of drug-likeness (QED) is 0.787. The summed E-state index contributed by atoms with van der Waals surface area (Å²) in [6, 6.07) is 8.72. The van der Waals surface area contributed by atoms with Crippen molar-refractivity contribution >= 4 is 22.5 Å². The van der Waals surface area contributed by atoms with Crippen molar-refractivity contribution in [1.82, 2.24) is 4.57 Å². The molecule has 1 aliphatic heterocycles. The lowest BCUT2D eigenvalue weighted by atomic mass is 10.1. The van der Waals surface area contributed by atoms with Gasteiger partial charge in [-0.15, -0.1) is 0 Å². The van der Waals surface area contributed by atoms with Gasteiger partial charge >= 0.3 is 0 Å². The lowest BCUT2D eigenvalue weighted by Gasteiger charge is -2.12. The Morgan fingerprint density at radius 2 is 2.33 bits per heavy atom. The molecule has 0 bridgehead atoms. The minimum atomic E-state index is 0.428. The van der Waals surface area contributed by atoms with Gasteiger partial charge in [0.05, 0.1) is 10.5 Å². The van der Waals surface area contributed by atoms with E-state index in [9.17, 15) is 0 Å². The van der Waals surface area contributed by atoms with Crippen LogP contribution in [0.25, 0.3) is 10.9 Å². The van der Waals surface area contributed by atoms with Crippen LogP contribution >= 0.6 is 11.6 Å². The van der Waals surface area contributed by atoms with Crippen molar-refractivity contribution in [1.29, 1.82) is 0 Å². The second kappa shape index (κ2) is 3.26. The Hall–Kier alpha value is -0.990. The van der Waals surface area contributed by atoms with E-state index >= 15 is 0 Å². The van der Waals surface area contributed by atoms with E-state index in [2.05, 4.69) is 16.7 Å². The van der Waals surface area contributed by atoms with E-state index in [1.807, 2.05) is 12.1 Å². The maximum Gasteiger partial charge on any atom is 0.0674 e. The maximum absolute atomic E-state index is 6.24. The predicted molar refractivity (Wildman–Crippen MR) is 63.4 cm³/mol. The molecule has 1 aliphatic rings. The standard InChI is InChI=1S/C12H13ClN2/c13-11-3-1-2-8-6-9-4-5-10(7-14)15(9)12(8)11/h1-3,6,10H,4-5,7,14H2. The van der Waals surface area contributed by atoms with Crippen molar-refractivity contribution in [2.24, 2.45) is 5.73 Å². The molecule has 78 valence electrons. The molecule has 0 saturated carbocycles. The van der Waals surface area contributed by atoms with Crippen molar-refractivity contribution in [2.45, 2.75) is 18.9 Å². The topological polar surface area (TPSA) is 30.9 Å². The van der Waals surface area contributed by atoms with Crippen molar-refractivity contribution in [3.63, 3.8) is 0 Å². The Kier molecular flexibility index (Phi) is 2.01. The van der Waals surface area contributed by atoms with Gasteiger partial charge < -0.3 is 10.3 Å². The van der Waals surface area contributed by atoms with Crippen LogP contribution in [0.2, 0.25) is 5.02 Å². The molecule has 0 saturated heterocycles. The minimum Gasteiger partial charge on any atom is -0.339 e. The SMILES string of the molecule is NCC1CCc2cc3cccc(Cl)c3n21. The molecule has 1 aromatic heterocycles. The molecule has 0 spiro atoms. The Labute approximate surface area is 93.6 Å². The summed E-state index contributed by atoms with van der Waals surface area (Å²) in [5, 5.41) is 2.06. The number of rotatable bonds is 1. The molecular formula is C12H13ClN2. The number of nitrogens with zero attached hydrogens (tertiary/aromatic N) is 1. The van der Waals surface area contributed by atoms with E-state index in [-0.39, 0.29) is 0 Å². The van der Waals surface area contributed by atoms with Crippen molar-refractivity contribution < 1.29 is 0 Å². The summed E-state index contributed by atoms with van der Waals surface area (Å²) in [6.07, 6.45) is 2.26. The zero-order valence-corrected chi connectivity index (χ0v) is 9.17. The van der Waals surface area contributed by atoms with Crippen molar-refractivity contribution in [2.75, 3.05) is 6.54 Å². The number of hydrogen-bond donors (Lipinski definition) is 1. The third kappa shape index (κ3) is 1.22. The van der Waals surface area contributed by atoms with Gasteiger partial charge in [-0.3, -0.25) is 0 Å². The van der Waals surface area contributed by atoms with Gasteiger partial charge in [0.25, 0.3) is 0 Å². The third-order valence-corrected chi connectivity index (χ3v) is 3.57. The Balaban J connectivity index is 2.34. The van der Waals surface area contributed by atoms with Gasteiger partial charge in [0.2, 0.25) is 0 Å². The molecule has 0 aliphatic carbocycles. The summed E-state index contributed by atoms with van der Waals surface area (Å²) >= 11 is 6.24. The van der Waals surface area contributed by atoms with E-state index < -0.39 is 0 Å². The van der Waals surface area contributed by atoms with E-state index in [4.69, 9.17) is 17.3 Å². The second-order valence-electron chi connectivity index (χ2n) is 4.11. The third-order valence-electron chi connectivity index (χ3n) is 3.26. The van der Waals surface area contributed by atoms with Crippen molar-refractivity contribution in [3.05, 3.63) is 35.0 Å². The predicted octanol–water partition coefficient (Wildman–Crippen LogP) is 2.74. The normalized spacial score (nSPS) is 19.7. The molecule has 0 radical (unpaired) electrons. The molecule has 15 heavy (non-hydrogen) atoms. The van der Waals surface area contributed by atoms with Crippen LogP contribution in [-0.4, -0.2) is 11.1 Å². The highest BCUT2D eigenvalue weighted by molar-refractivity contribution is 6.35. The minimum absolute atomic E-state index is 0.428. The van der Waals surface area contributed by atoms with Crippen LogP contribution in [0.5, 0.6) is 0 Å². The molecule has 2 aromatic rings. The Bertz CT molecular complexity index is 516. The van der Waals surface area contributed by atoms with Crippen LogP contribution in [0, 0.1) is 0 Å². The molecule has 0 fully saturated rings. The van der Waals surface area contributed by atoms with Gasteiger partial charge in [-0.25, -0.2) is 0 Å². The monoisotopic (exact) mass is 220 g/mol. The molecule has 3 heteroatoms. The van der Waals surface area contributed by atoms with Gasteiger partial charge in [0, 0.05) is 23.7 Å². The molecule has 2 heterocycles. The smallest absolute Gasteiger partial charge is 0.0674 e. The lowest BCUT2D eigenvalue weighted by molar-refractivity contribution is 0.553. The summed E-state index contributed by atoms with van der Waals surface area (Å²) in [5.74, 6) is 0. The molecule has 1 aromatic carbocycles. The van der Waals surface area contributed by atoms with Crippen LogP contribution < -0.4 is 5.73 Å². The first-order valence-corrected chi connectivity index (χ1v) is 5.67. The van der Waals surface area contributed by atoms with E-state index in [0.29, 0.717) is 12.6 Å². The number of para-hydroxylation sites is 1. The highest BCUT2D eigenvalue weighted by atomic mass is 35.5. The highest BCUT2D eigenvalue weighted by Gasteiger charge is 2.23. The van der Waals surface area contributed by atoms with Crippen LogP contribution in [0.3, 0.4) is 0 Å². The molecule has 3 rings (SSSR count). The largest absolute Gasteiger partial charge is 0.339 e. The highest BCUT2D eigenvalue weighted by Crippen LogP contribution is 2.35. The molecular weight excluding hydrogens is 208 g/mol. The molecule has 0 amide bonds. The average Bonchev–Trinajstić information content (AvgIpc) is 2.75. The first kappa shape index (κ1) is 9.25. The number of aryl methyl sites for hydroxylation is 1. The zero-order chi connectivity index (χ0) is 10.4. The average molecular weight is 221 g/mol. The molecule has 2 nitrogen and oxygen atoms in total. The fourth-order valence-corrected chi connectivity index (χ4v) is 2.84. The number of aromatic nitrogens is 1. The van der Waals surface area contributed by atoms with Gasteiger partial charge in [-0.05, 0) is 25.0 Å². The van der Waals surface area contributed by atoms with Gasteiger partial charge in [0.15, 0.2) is 0 Å². The van der Waals surface area contributed by atoms with Crippen LogP contribution in [0.15, 0.2) is 24.3 Å². The van der Waals surface area contributed by atoms with Crippen LogP contribution in [-0.2, 0) is 6.42 Å². The first-order valence-electron chi connectivity index (χ1n) is 5.29. The molecule has 2 N–H and O–H groups in total. The fraction of sp³-hybridized carbons (Fsp3) is 0.333. The van der Waals surface area contributed by atoms with Gasteiger partial charge in [-0.1, -0.05) is 23.7 Å². The summed E-state index contributed by atoms with van der Waals surface area (Å²) in [4.78, 5) is 0. The number of nitrogens with two attached hydrogens (primary N) is 1. The van der Waals surface area contributed by atoms with Gasteiger partial charge in [-0.2, -0.15) is 0 Å². The number of halogens is 1. The summed E-state index contributed by atoms with van der Waals surface area (Å²) in [6.45, 7) is 0.696. The number of hydrogen-bond acceptors (Lipinski definition) is 1. The van der Waals surface area contributed by atoms with E-state index in [1.165, 1.54) is 11.1 Å². The van der Waals surface area contributed by atoms with Crippen LogP contribution in [0.4, 0.5) is 0 Å². The first-order chi connectivity index (χ1) is 7.31. The Morgan fingerprint density at radius 1 is 1.47 bits per heavy atom. The molecule has 1 atom stereocenters. The summed E-state index contributed by atoms with van der Waals surface area (Å²) in [5.41, 5.74) is 8.31. The van der Waals surface area contributed by atoms with Gasteiger partial charge in [0.1, 0.15) is 0 Å². The lowest BCUT2D eigenvalue weighted by Crippen LogP contribution is -2.15. The summed E-state index contributed by atoms with van der Waals surface area (Å²) in [7, 11) is 0. The maximum atomic E-state index is 6.24. The van der Waals surface area contributed by atoms with E-state index in [1.54, 1.807) is 0 Å².